The van der Waals surface area contributed by atoms with Crippen molar-refractivity contribution >= 4 is 11.8 Å². The Balaban J connectivity index is 2.43. The molecule has 0 radical (unpaired) electrons. The molecule has 104 valence electrons. The van der Waals surface area contributed by atoms with Crippen molar-refractivity contribution in [2.75, 3.05) is 11.5 Å². The van der Waals surface area contributed by atoms with Gasteiger partial charge in [0.2, 0.25) is 0 Å². The quantitative estimate of drug-likeness (QED) is 0.771. The Morgan fingerprint density at radius 1 is 1.39 bits per heavy atom. The van der Waals surface area contributed by atoms with Gasteiger partial charge in [0.15, 0.2) is 0 Å². The third kappa shape index (κ3) is 5.91. The van der Waals surface area contributed by atoms with Crippen LogP contribution in [0.15, 0.2) is 6.20 Å². The minimum Gasteiger partial charge on any atom is -0.308 e. The highest BCUT2D eigenvalue weighted by molar-refractivity contribution is 7.99. The van der Waals surface area contributed by atoms with Crippen LogP contribution in [0.5, 0.6) is 0 Å². The number of aryl methyl sites for hydroxylation is 2. The zero-order chi connectivity index (χ0) is 13.6. The fraction of sp³-hybridized carbons (Fsp3) is 0.786. The van der Waals surface area contributed by atoms with Crippen LogP contribution in [0.3, 0.4) is 0 Å². The van der Waals surface area contributed by atoms with E-state index >= 15 is 0 Å². The van der Waals surface area contributed by atoms with Gasteiger partial charge in [0.05, 0.1) is 5.69 Å². The van der Waals surface area contributed by atoms with Gasteiger partial charge in [-0.25, -0.2) is 0 Å². The lowest BCUT2D eigenvalue weighted by atomic mass is 10.1. The van der Waals surface area contributed by atoms with E-state index in [4.69, 9.17) is 0 Å². The first-order chi connectivity index (χ1) is 8.42. The lowest BCUT2D eigenvalue weighted by Crippen LogP contribution is -2.35. The fourth-order valence-corrected chi connectivity index (χ4v) is 2.30. The van der Waals surface area contributed by atoms with Gasteiger partial charge in [-0.3, -0.25) is 4.68 Å². The van der Waals surface area contributed by atoms with Gasteiger partial charge >= 0.3 is 0 Å². The number of nitrogens with zero attached hydrogens (tertiary/aromatic N) is 2. The molecule has 0 aromatic carbocycles. The number of rotatable bonds is 7. The number of hydrogen-bond donors (Lipinski definition) is 1. The molecular weight excluding hydrogens is 242 g/mol. The van der Waals surface area contributed by atoms with Crippen molar-refractivity contribution in [1.29, 1.82) is 0 Å². The highest BCUT2D eigenvalue weighted by Crippen LogP contribution is 2.09. The van der Waals surface area contributed by atoms with Gasteiger partial charge in [-0.15, -0.1) is 0 Å². The van der Waals surface area contributed by atoms with E-state index < -0.39 is 0 Å². The summed E-state index contributed by atoms with van der Waals surface area (Å²) in [6.07, 6.45) is 3.39. The molecule has 1 rings (SSSR count). The van der Waals surface area contributed by atoms with Crippen LogP contribution in [0.2, 0.25) is 0 Å². The second-order valence-corrected chi connectivity index (χ2v) is 7.05. The summed E-state index contributed by atoms with van der Waals surface area (Å²) in [4.78, 5) is 0. The van der Waals surface area contributed by atoms with E-state index in [2.05, 4.69) is 55.9 Å². The SMILES string of the molecule is CCSCCCn1cc(CNC(C)(C)C)c(C)n1. The summed E-state index contributed by atoms with van der Waals surface area (Å²) in [6, 6.07) is 0. The smallest absolute Gasteiger partial charge is 0.0638 e. The molecule has 0 aliphatic rings. The van der Waals surface area contributed by atoms with Crippen molar-refractivity contribution in [2.45, 2.75) is 59.7 Å². The molecule has 3 nitrogen and oxygen atoms in total. The number of hydrogen-bond acceptors (Lipinski definition) is 3. The summed E-state index contributed by atoms with van der Waals surface area (Å²) in [6.45, 7) is 12.8. The summed E-state index contributed by atoms with van der Waals surface area (Å²) in [5.41, 5.74) is 2.62. The van der Waals surface area contributed by atoms with E-state index in [1.165, 1.54) is 23.5 Å². The Hall–Kier alpha value is -0.480. The van der Waals surface area contributed by atoms with Gasteiger partial charge in [0.1, 0.15) is 0 Å². The first-order valence-electron chi connectivity index (χ1n) is 6.78. The summed E-state index contributed by atoms with van der Waals surface area (Å²) >= 11 is 2.00. The minimum absolute atomic E-state index is 0.159. The first kappa shape index (κ1) is 15.6. The van der Waals surface area contributed by atoms with Crippen LogP contribution in [-0.4, -0.2) is 26.8 Å². The molecule has 0 aliphatic heterocycles. The molecular formula is C14H27N3S. The Bertz CT molecular complexity index is 352. The Morgan fingerprint density at radius 2 is 2.11 bits per heavy atom. The second kappa shape index (κ2) is 7.19. The van der Waals surface area contributed by atoms with Crippen LogP contribution in [0.25, 0.3) is 0 Å². The van der Waals surface area contributed by atoms with Crippen LogP contribution >= 0.6 is 11.8 Å². The molecule has 1 aromatic heterocycles. The molecule has 18 heavy (non-hydrogen) atoms. The minimum atomic E-state index is 0.159. The Morgan fingerprint density at radius 3 is 2.72 bits per heavy atom. The summed E-state index contributed by atoms with van der Waals surface area (Å²) in [5.74, 6) is 2.43. The van der Waals surface area contributed by atoms with Crippen LogP contribution in [-0.2, 0) is 13.1 Å². The number of nitrogens with one attached hydrogen (secondary N) is 1. The normalized spacial score (nSPS) is 12.1. The van der Waals surface area contributed by atoms with Crippen LogP contribution in [0, 0.1) is 6.92 Å². The molecule has 0 unspecified atom stereocenters. The molecule has 0 aliphatic carbocycles. The second-order valence-electron chi connectivity index (χ2n) is 5.66. The molecule has 0 spiro atoms. The average Bonchev–Trinajstić information content (AvgIpc) is 2.62. The highest BCUT2D eigenvalue weighted by Gasteiger charge is 2.11. The number of thioether (sulfide) groups is 1. The van der Waals surface area contributed by atoms with Crippen LogP contribution < -0.4 is 5.32 Å². The lowest BCUT2D eigenvalue weighted by Gasteiger charge is -2.20. The van der Waals surface area contributed by atoms with Gasteiger partial charge in [-0.2, -0.15) is 16.9 Å². The predicted octanol–water partition coefficient (Wildman–Crippen LogP) is 3.22. The van der Waals surface area contributed by atoms with E-state index in [0.29, 0.717) is 0 Å². The van der Waals surface area contributed by atoms with Crippen molar-refractivity contribution in [2.24, 2.45) is 0 Å². The monoisotopic (exact) mass is 269 g/mol. The molecule has 0 bridgehead atoms. The molecule has 0 amide bonds. The van der Waals surface area contributed by atoms with Gasteiger partial charge in [-0.1, -0.05) is 6.92 Å². The zero-order valence-electron chi connectivity index (χ0n) is 12.4. The summed E-state index contributed by atoms with van der Waals surface area (Å²) in [7, 11) is 0. The van der Waals surface area contributed by atoms with Crippen LogP contribution in [0.1, 0.15) is 45.4 Å². The molecule has 1 heterocycles. The maximum atomic E-state index is 4.58. The third-order valence-corrected chi connectivity index (χ3v) is 3.72. The van der Waals surface area contributed by atoms with E-state index in [9.17, 15) is 0 Å². The van der Waals surface area contributed by atoms with Crippen molar-refractivity contribution < 1.29 is 0 Å². The molecule has 0 saturated heterocycles. The third-order valence-electron chi connectivity index (χ3n) is 2.74. The van der Waals surface area contributed by atoms with Crippen molar-refractivity contribution in [3.05, 3.63) is 17.5 Å². The van der Waals surface area contributed by atoms with E-state index in [0.717, 1.165) is 18.8 Å². The maximum Gasteiger partial charge on any atom is 0.0638 e. The molecule has 0 fully saturated rings. The zero-order valence-corrected chi connectivity index (χ0v) is 13.2. The standard InChI is InChI=1S/C14H27N3S/c1-6-18-9-7-8-17-11-13(12(2)16-17)10-15-14(3,4)5/h11,15H,6-10H2,1-5H3. The highest BCUT2D eigenvalue weighted by atomic mass is 32.2. The van der Waals surface area contributed by atoms with Gasteiger partial charge in [0, 0.05) is 30.4 Å². The molecule has 0 atom stereocenters. The fourth-order valence-electron chi connectivity index (χ4n) is 1.68. The summed E-state index contributed by atoms with van der Waals surface area (Å²) in [5, 5.41) is 8.09. The van der Waals surface area contributed by atoms with E-state index in [-0.39, 0.29) is 5.54 Å². The van der Waals surface area contributed by atoms with Crippen molar-refractivity contribution in [3.63, 3.8) is 0 Å². The van der Waals surface area contributed by atoms with Gasteiger partial charge < -0.3 is 5.32 Å². The molecule has 0 saturated carbocycles. The lowest BCUT2D eigenvalue weighted by molar-refractivity contribution is 0.423. The van der Waals surface area contributed by atoms with Crippen molar-refractivity contribution in [1.82, 2.24) is 15.1 Å². The largest absolute Gasteiger partial charge is 0.308 e. The van der Waals surface area contributed by atoms with Gasteiger partial charge in [-0.05, 0) is 45.6 Å². The molecule has 4 heteroatoms. The van der Waals surface area contributed by atoms with Crippen LogP contribution in [0.4, 0.5) is 0 Å². The Kier molecular flexibility index (Phi) is 6.22. The van der Waals surface area contributed by atoms with E-state index in [1.54, 1.807) is 0 Å². The molecule has 1 N–H and O–H groups in total. The molecule has 1 aromatic rings. The first-order valence-corrected chi connectivity index (χ1v) is 7.93. The maximum absolute atomic E-state index is 4.58. The van der Waals surface area contributed by atoms with Crippen molar-refractivity contribution in [3.8, 4) is 0 Å². The topological polar surface area (TPSA) is 29.9 Å². The summed E-state index contributed by atoms with van der Waals surface area (Å²) < 4.78 is 2.09. The predicted molar refractivity (Wildman–Crippen MR) is 81.2 cm³/mol. The van der Waals surface area contributed by atoms with E-state index in [1.807, 2.05) is 11.8 Å². The average molecular weight is 269 g/mol. The number of aromatic nitrogens is 2. The van der Waals surface area contributed by atoms with Gasteiger partial charge in [0.25, 0.3) is 0 Å². The Labute approximate surface area is 116 Å².